The highest BCUT2D eigenvalue weighted by atomic mass is 16.5. The molecule has 0 saturated carbocycles. The Labute approximate surface area is 151 Å². The summed E-state index contributed by atoms with van der Waals surface area (Å²) in [5.41, 5.74) is 1.35. The van der Waals surface area contributed by atoms with Gasteiger partial charge in [-0.3, -0.25) is 9.59 Å². The van der Waals surface area contributed by atoms with Crippen molar-refractivity contribution in [2.45, 2.75) is 26.3 Å². The monoisotopic (exact) mass is 358 g/mol. The molecule has 0 bridgehead atoms. The van der Waals surface area contributed by atoms with Crippen molar-refractivity contribution in [2.75, 3.05) is 13.2 Å². The normalized spacial score (nSPS) is 11.5. The van der Waals surface area contributed by atoms with Crippen LogP contribution in [0.2, 0.25) is 0 Å². The van der Waals surface area contributed by atoms with Gasteiger partial charge in [0, 0.05) is 13.5 Å². The molecule has 1 heterocycles. The van der Waals surface area contributed by atoms with E-state index in [9.17, 15) is 14.4 Å². The molecular formula is C19H22N2O5. The maximum absolute atomic E-state index is 12.0. The third kappa shape index (κ3) is 6.08. The minimum Gasteiger partial charge on any atom is -0.467 e. The number of carbonyl (C=O) groups is 3. The Bertz CT molecular complexity index is 738. The topological polar surface area (TPSA) is 97.6 Å². The molecule has 138 valence electrons. The molecule has 7 nitrogen and oxygen atoms in total. The number of carbonyl (C=O) groups excluding carboxylic acids is 3. The minimum atomic E-state index is -0.570. The van der Waals surface area contributed by atoms with Crippen LogP contribution in [-0.4, -0.2) is 30.9 Å². The summed E-state index contributed by atoms with van der Waals surface area (Å²) < 4.78 is 10.2. The molecule has 0 aliphatic rings. The second-order valence-electron chi connectivity index (χ2n) is 5.81. The molecule has 2 aromatic rings. The molecule has 1 unspecified atom stereocenters. The van der Waals surface area contributed by atoms with Gasteiger partial charge in [0.2, 0.25) is 5.91 Å². The summed E-state index contributed by atoms with van der Waals surface area (Å²) in [4.78, 5) is 34.7. The molecule has 2 N–H and O–H groups in total. The predicted octanol–water partition coefficient (Wildman–Crippen LogP) is 1.99. The van der Waals surface area contributed by atoms with E-state index in [2.05, 4.69) is 10.6 Å². The first-order valence-corrected chi connectivity index (χ1v) is 8.29. The first-order chi connectivity index (χ1) is 12.5. The molecule has 1 aromatic carbocycles. The summed E-state index contributed by atoms with van der Waals surface area (Å²) >= 11 is 0. The highest BCUT2D eigenvalue weighted by Crippen LogP contribution is 2.12. The Morgan fingerprint density at radius 2 is 1.88 bits per heavy atom. The van der Waals surface area contributed by atoms with Crippen LogP contribution in [0, 0.1) is 0 Å². The lowest BCUT2D eigenvalue weighted by atomic mass is 10.1. The number of hydrogen-bond donors (Lipinski definition) is 2. The van der Waals surface area contributed by atoms with E-state index in [1.807, 2.05) is 0 Å². The zero-order valence-electron chi connectivity index (χ0n) is 14.8. The molecule has 1 atom stereocenters. The van der Waals surface area contributed by atoms with Crippen LogP contribution in [-0.2, 0) is 20.7 Å². The van der Waals surface area contributed by atoms with E-state index in [0.29, 0.717) is 24.3 Å². The zero-order chi connectivity index (χ0) is 18.9. The first kappa shape index (κ1) is 19.2. The fourth-order valence-electron chi connectivity index (χ4n) is 2.30. The van der Waals surface area contributed by atoms with Crippen molar-refractivity contribution in [2.24, 2.45) is 0 Å². The number of hydrogen-bond acceptors (Lipinski definition) is 5. The Hall–Kier alpha value is -3.09. The van der Waals surface area contributed by atoms with Crippen LogP contribution in [0.3, 0.4) is 0 Å². The first-order valence-electron chi connectivity index (χ1n) is 8.29. The third-order valence-electron chi connectivity index (χ3n) is 3.66. The van der Waals surface area contributed by atoms with Gasteiger partial charge in [0.1, 0.15) is 5.76 Å². The molecular weight excluding hydrogens is 336 g/mol. The number of esters is 1. The largest absolute Gasteiger partial charge is 0.467 e. The van der Waals surface area contributed by atoms with Gasteiger partial charge in [0.15, 0.2) is 6.61 Å². The lowest BCUT2D eigenvalue weighted by Crippen LogP contribution is -2.31. The molecule has 2 amide bonds. The maximum Gasteiger partial charge on any atom is 0.338 e. The van der Waals surface area contributed by atoms with E-state index >= 15 is 0 Å². The van der Waals surface area contributed by atoms with Crippen molar-refractivity contribution in [1.29, 1.82) is 0 Å². The quantitative estimate of drug-likeness (QED) is 0.704. The number of ether oxygens (including phenoxy) is 1. The number of benzene rings is 1. The van der Waals surface area contributed by atoms with Crippen LogP contribution in [0.5, 0.6) is 0 Å². The van der Waals surface area contributed by atoms with Gasteiger partial charge >= 0.3 is 5.97 Å². The predicted molar refractivity (Wildman–Crippen MR) is 94.4 cm³/mol. The van der Waals surface area contributed by atoms with Gasteiger partial charge in [-0.15, -0.1) is 0 Å². The molecule has 0 fully saturated rings. The van der Waals surface area contributed by atoms with Crippen LogP contribution < -0.4 is 10.6 Å². The van der Waals surface area contributed by atoms with Gasteiger partial charge in [-0.25, -0.2) is 4.79 Å². The highest BCUT2D eigenvalue weighted by molar-refractivity contribution is 5.91. The van der Waals surface area contributed by atoms with E-state index in [0.717, 1.165) is 5.56 Å². The van der Waals surface area contributed by atoms with Gasteiger partial charge in [0.05, 0.1) is 17.9 Å². The van der Waals surface area contributed by atoms with E-state index in [-0.39, 0.29) is 18.6 Å². The van der Waals surface area contributed by atoms with Crippen molar-refractivity contribution >= 4 is 17.8 Å². The van der Waals surface area contributed by atoms with Gasteiger partial charge in [-0.2, -0.15) is 0 Å². The summed E-state index contributed by atoms with van der Waals surface area (Å²) in [7, 11) is 0. The summed E-state index contributed by atoms with van der Waals surface area (Å²) in [6, 6.07) is 10.0. The molecule has 0 spiro atoms. The van der Waals surface area contributed by atoms with Crippen molar-refractivity contribution in [3.8, 4) is 0 Å². The second-order valence-corrected chi connectivity index (χ2v) is 5.81. The standard InChI is InChI=1S/C19H22N2O5/c1-13(17-4-3-11-25-17)21-18(23)12-26-19(24)16-7-5-15(6-8-16)9-10-20-14(2)22/h3-8,11,13H,9-10,12H2,1-2H3,(H,20,22)(H,21,23). The van der Waals surface area contributed by atoms with E-state index in [1.165, 1.54) is 13.2 Å². The van der Waals surface area contributed by atoms with E-state index < -0.39 is 11.9 Å². The molecule has 7 heteroatoms. The Kier molecular flexibility index (Phi) is 6.96. The average Bonchev–Trinajstić information content (AvgIpc) is 3.15. The molecule has 1 aromatic heterocycles. The van der Waals surface area contributed by atoms with Crippen molar-refractivity contribution in [3.63, 3.8) is 0 Å². The smallest absolute Gasteiger partial charge is 0.338 e. The summed E-state index contributed by atoms with van der Waals surface area (Å²) in [5, 5.41) is 5.39. The van der Waals surface area contributed by atoms with Gasteiger partial charge in [-0.1, -0.05) is 12.1 Å². The Morgan fingerprint density at radius 1 is 1.15 bits per heavy atom. The van der Waals surface area contributed by atoms with Crippen LogP contribution in [0.25, 0.3) is 0 Å². The number of nitrogens with one attached hydrogen (secondary N) is 2. The van der Waals surface area contributed by atoms with Gasteiger partial charge in [0.25, 0.3) is 5.91 Å². The van der Waals surface area contributed by atoms with E-state index in [1.54, 1.807) is 43.3 Å². The summed E-state index contributed by atoms with van der Waals surface area (Å²) in [5.74, 6) is -0.433. The van der Waals surface area contributed by atoms with Crippen molar-refractivity contribution < 1.29 is 23.5 Å². The molecule has 2 rings (SSSR count). The molecule has 26 heavy (non-hydrogen) atoms. The Morgan fingerprint density at radius 3 is 2.50 bits per heavy atom. The lowest BCUT2D eigenvalue weighted by molar-refractivity contribution is -0.125. The average molecular weight is 358 g/mol. The van der Waals surface area contributed by atoms with Gasteiger partial charge < -0.3 is 19.8 Å². The van der Waals surface area contributed by atoms with Crippen molar-refractivity contribution in [1.82, 2.24) is 10.6 Å². The SMILES string of the molecule is CC(=O)NCCc1ccc(C(=O)OCC(=O)NC(C)c2ccco2)cc1. The lowest BCUT2D eigenvalue weighted by Gasteiger charge is -2.11. The molecule has 0 aliphatic heterocycles. The van der Waals surface area contributed by atoms with Gasteiger partial charge in [-0.05, 0) is 43.2 Å². The fraction of sp³-hybridized carbons (Fsp3) is 0.316. The minimum absolute atomic E-state index is 0.0789. The number of furan rings is 1. The van der Waals surface area contributed by atoms with Crippen LogP contribution in [0.4, 0.5) is 0 Å². The second kappa shape index (κ2) is 9.41. The highest BCUT2D eigenvalue weighted by Gasteiger charge is 2.14. The number of amides is 2. The number of rotatable bonds is 8. The van der Waals surface area contributed by atoms with Crippen LogP contribution in [0.1, 0.15) is 41.6 Å². The summed E-state index contributed by atoms with van der Waals surface area (Å²) in [6.45, 7) is 3.41. The molecule has 0 radical (unpaired) electrons. The zero-order valence-corrected chi connectivity index (χ0v) is 14.8. The van der Waals surface area contributed by atoms with E-state index in [4.69, 9.17) is 9.15 Å². The fourth-order valence-corrected chi connectivity index (χ4v) is 2.30. The Balaban J connectivity index is 1.76. The molecule has 0 saturated heterocycles. The van der Waals surface area contributed by atoms with Crippen LogP contribution >= 0.6 is 0 Å². The van der Waals surface area contributed by atoms with Crippen molar-refractivity contribution in [3.05, 3.63) is 59.5 Å². The maximum atomic E-state index is 12.0. The molecule has 0 aliphatic carbocycles. The third-order valence-corrected chi connectivity index (χ3v) is 3.66. The summed E-state index contributed by atoms with van der Waals surface area (Å²) in [6.07, 6.45) is 2.19. The van der Waals surface area contributed by atoms with Crippen LogP contribution in [0.15, 0.2) is 47.1 Å².